The van der Waals surface area contributed by atoms with Crippen LogP contribution in [-0.2, 0) is 15.1 Å². The van der Waals surface area contributed by atoms with Crippen LogP contribution in [0.1, 0.15) is 41.6 Å². The van der Waals surface area contributed by atoms with Gasteiger partial charge in [0.15, 0.2) is 5.78 Å². The molecular weight excluding hydrogens is 342 g/mol. The molecule has 2 aromatic rings. The molecule has 5 heteroatoms. The number of piperidine rings is 1. The highest BCUT2D eigenvalue weighted by Crippen LogP contribution is 2.35. The zero-order valence-electron chi connectivity index (χ0n) is 15.6. The minimum absolute atomic E-state index is 0.0753. The molecule has 0 spiro atoms. The number of hydrogen-bond donors (Lipinski definition) is 1. The molecule has 1 fully saturated rings. The fourth-order valence-corrected chi connectivity index (χ4v) is 3.43. The number of hydrogen-bond acceptors (Lipinski definition) is 5. The Bertz CT molecular complexity index is 765. The molecular formula is C22H25NO4. The van der Waals surface area contributed by atoms with Crippen molar-refractivity contribution in [2.24, 2.45) is 0 Å². The van der Waals surface area contributed by atoms with E-state index >= 15 is 0 Å². The highest BCUT2D eigenvalue weighted by Gasteiger charge is 2.37. The van der Waals surface area contributed by atoms with Crippen molar-refractivity contribution in [1.82, 2.24) is 5.32 Å². The quantitative estimate of drug-likeness (QED) is 0.600. The van der Waals surface area contributed by atoms with E-state index in [1.54, 1.807) is 31.4 Å². The van der Waals surface area contributed by atoms with Crippen molar-refractivity contribution >= 4 is 11.8 Å². The van der Waals surface area contributed by atoms with Crippen LogP contribution in [0.2, 0.25) is 0 Å². The maximum atomic E-state index is 12.5. The van der Waals surface area contributed by atoms with Crippen LogP contribution in [0.3, 0.4) is 0 Å². The molecule has 0 radical (unpaired) electrons. The first-order valence-corrected chi connectivity index (χ1v) is 9.28. The van der Waals surface area contributed by atoms with Gasteiger partial charge in [-0.3, -0.25) is 9.59 Å². The summed E-state index contributed by atoms with van der Waals surface area (Å²) in [6.45, 7) is 1.60. The van der Waals surface area contributed by atoms with Crippen molar-refractivity contribution in [2.75, 3.05) is 20.2 Å². The average molecular weight is 367 g/mol. The molecule has 0 atom stereocenters. The highest BCUT2D eigenvalue weighted by atomic mass is 16.6. The number of methoxy groups -OCH3 is 1. The normalized spacial score (nSPS) is 15.7. The Hall–Kier alpha value is -2.66. The van der Waals surface area contributed by atoms with Gasteiger partial charge in [0, 0.05) is 24.8 Å². The molecule has 5 nitrogen and oxygen atoms in total. The Labute approximate surface area is 159 Å². The average Bonchev–Trinajstić information content (AvgIpc) is 2.73. The summed E-state index contributed by atoms with van der Waals surface area (Å²) in [4.78, 5) is 24.8. The molecule has 142 valence electrons. The van der Waals surface area contributed by atoms with E-state index in [0.717, 1.165) is 31.5 Å². The lowest BCUT2D eigenvalue weighted by molar-refractivity contribution is -0.164. The molecule has 0 amide bonds. The number of nitrogens with one attached hydrogen (secondary N) is 1. The van der Waals surface area contributed by atoms with E-state index in [9.17, 15) is 9.59 Å². The Balaban J connectivity index is 1.61. The molecule has 1 heterocycles. The maximum Gasteiger partial charge on any atom is 0.307 e. The van der Waals surface area contributed by atoms with Crippen LogP contribution < -0.4 is 10.1 Å². The van der Waals surface area contributed by atoms with Crippen LogP contribution in [-0.4, -0.2) is 32.0 Å². The predicted molar refractivity (Wildman–Crippen MR) is 103 cm³/mol. The topological polar surface area (TPSA) is 64.6 Å². The Morgan fingerprint density at radius 1 is 0.963 bits per heavy atom. The summed E-state index contributed by atoms with van der Waals surface area (Å²) in [5, 5.41) is 3.31. The summed E-state index contributed by atoms with van der Waals surface area (Å²) < 4.78 is 11.0. The molecule has 1 saturated heterocycles. The number of carbonyl (C=O) groups excluding carboxylic acids is 2. The number of ketones is 1. The van der Waals surface area contributed by atoms with Crippen molar-refractivity contribution in [2.45, 2.75) is 31.3 Å². The van der Waals surface area contributed by atoms with E-state index in [1.165, 1.54) is 0 Å². The third-order valence-electron chi connectivity index (χ3n) is 4.99. The van der Waals surface area contributed by atoms with E-state index in [1.807, 2.05) is 30.3 Å². The van der Waals surface area contributed by atoms with Gasteiger partial charge in [0.2, 0.25) is 0 Å². The van der Waals surface area contributed by atoms with Crippen molar-refractivity contribution in [3.05, 3.63) is 65.7 Å². The molecule has 3 rings (SSSR count). The lowest BCUT2D eigenvalue weighted by Gasteiger charge is -2.37. The SMILES string of the molecule is COc1ccc(C(=O)CCC(=O)OC2(c3ccccc3)CCNCC2)cc1. The second kappa shape index (κ2) is 8.82. The Kier molecular flexibility index (Phi) is 6.24. The first-order valence-electron chi connectivity index (χ1n) is 9.28. The van der Waals surface area contributed by atoms with E-state index < -0.39 is 5.60 Å². The van der Waals surface area contributed by atoms with Gasteiger partial charge >= 0.3 is 5.97 Å². The summed E-state index contributed by atoms with van der Waals surface area (Å²) in [5.41, 5.74) is 0.983. The third-order valence-corrected chi connectivity index (χ3v) is 4.99. The summed E-state index contributed by atoms with van der Waals surface area (Å²) in [5.74, 6) is 0.290. The Morgan fingerprint density at radius 2 is 1.63 bits per heavy atom. The van der Waals surface area contributed by atoms with Gasteiger partial charge < -0.3 is 14.8 Å². The molecule has 2 aromatic carbocycles. The number of benzene rings is 2. The number of esters is 1. The summed E-state index contributed by atoms with van der Waals surface area (Å²) in [6.07, 6.45) is 1.67. The van der Waals surface area contributed by atoms with E-state index in [4.69, 9.17) is 9.47 Å². The highest BCUT2D eigenvalue weighted by molar-refractivity contribution is 5.97. The van der Waals surface area contributed by atoms with Gasteiger partial charge in [-0.05, 0) is 42.9 Å². The van der Waals surface area contributed by atoms with Gasteiger partial charge in [0.25, 0.3) is 0 Å². The molecule has 0 saturated carbocycles. The van der Waals surface area contributed by atoms with Crippen LogP contribution in [0, 0.1) is 0 Å². The van der Waals surface area contributed by atoms with E-state index in [0.29, 0.717) is 11.3 Å². The molecule has 1 aliphatic heterocycles. The minimum atomic E-state index is -0.604. The van der Waals surface area contributed by atoms with Crippen LogP contribution in [0.5, 0.6) is 5.75 Å². The van der Waals surface area contributed by atoms with Gasteiger partial charge in [0.05, 0.1) is 13.5 Å². The fourth-order valence-electron chi connectivity index (χ4n) is 3.43. The molecule has 0 unspecified atom stereocenters. The van der Waals surface area contributed by atoms with Crippen LogP contribution in [0.15, 0.2) is 54.6 Å². The van der Waals surface area contributed by atoms with Gasteiger partial charge in [0.1, 0.15) is 11.4 Å². The number of ether oxygens (including phenoxy) is 2. The standard InChI is InChI=1S/C22H25NO4/c1-26-19-9-7-17(8-10-19)20(24)11-12-21(25)27-22(13-15-23-16-14-22)18-5-3-2-4-6-18/h2-10,23H,11-16H2,1H3. The second-order valence-electron chi connectivity index (χ2n) is 6.74. The van der Waals surface area contributed by atoms with Crippen LogP contribution in [0.4, 0.5) is 0 Å². The lowest BCUT2D eigenvalue weighted by Crippen LogP contribution is -2.43. The fraction of sp³-hybridized carbons (Fsp3) is 0.364. The van der Waals surface area contributed by atoms with E-state index in [-0.39, 0.29) is 24.6 Å². The first kappa shape index (κ1) is 19.1. The molecule has 1 aliphatic rings. The maximum absolute atomic E-state index is 12.5. The van der Waals surface area contributed by atoms with Gasteiger partial charge in [-0.25, -0.2) is 0 Å². The zero-order chi connectivity index (χ0) is 19.1. The number of Topliss-reactive ketones (excluding diaryl/α,β-unsaturated/α-hetero) is 1. The molecule has 0 aromatic heterocycles. The van der Waals surface area contributed by atoms with E-state index in [2.05, 4.69) is 5.32 Å². The largest absolute Gasteiger partial charge is 0.497 e. The molecule has 0 bridgehead atoms. The van der Waals surface area contributed by atoms with Gasteiger partial charge in [-0.2, -0.15) is 0 Å². The molecule has 1 N–H and O–H groups in total. The number of carbonyl (C=O) groups is 2. The van der Waals surface area contributed by atoms with Gasteiger partial charge in [-0.1, -0.05) is 30.3 Å². The third kappa shape index (κ3) is 4.74. The Morgan fingerprint density at radius 3 is 2.26 bits per heavy atom. The summed E-state index contributed by atoms with van der Waals surface area (Å²) >= 11 is 0. The smallest absolute Gasteiger partial charge is 0.307 e. The zero-order valence-corrected chi connectivity index (χ0v) is 15.6. The van der Waals surface area contributed by atoms with Gasteiger partial charge in [-0.15, -0.1) is 0 Å². The molecule has 27 heavy (non-hydrogen) atoms. The summed E-state index contributed by atoms with van der Waals surface area (Å²) in [7, 11) is 1.58. The van der Waals surface area contributed by atoms with Crippen molar-refractivity contribution < 1.29 is 19.1 Å². The van der Waals surface area contributed by atoms with Crippen molar-refractivity contribution in [3.8, 4) is 5.75 Å². The van der Waals surface area contributed by atoms with Crippen LogP contribution >= 0.6 is 0 Å². The summed E-state index contributed by atoms with van der Waals surface area (Å²) in [6, 6.07) is 16.8. The lowest BCUT2D eigenvalue weighted by atomic mass is 9.84. The molecule has 0 aliphatic carbocycles. The van der Waals surface area contributed by atoms with Crippen LogP contribution in [0.25, 0.3) is 0 Å². The number of rotatable bonds is 7. The predicted octanol–water partition coefficient (Wildman–Crippen LogP) is 3.48. The van der Waals surface area contributed by atoms with Crippen molar-refractivity contribution in [3.63, 3.8) is 0 Å². The monoisotopic (exact) mass is 367 g/mol. The first-order chi connectivity index (χ1) is 13.1. The van der Waals surface area contributed by atoms with Crippen molar-refractivity contribution in [1.29, 1.82) is 0 Å². The second-order valence-corrected chi connectivity index (χ2v) is 6.74. The minimum Gasteiger partial charge on any atom is -0.497 e.